The molecule has 0 aliphatic carbocycles. The summed E-state index contributed by atoms with van der Waals surface area (Å²) in [4.78, 5) is 24.0. The first-order valence-electron chi connectivity index (χ1n) is 7.33. The number of aromatic nitrogens is 3. The van der Waals surface area contributed by atoms with Crippen LogP contribution in [0.5, 0.6) is 0 Å². The molecule has 25 heavy (non-hydrogen) atoms. The van der Waals surface area contributed by atoms with Gasteiger partial charge in [0.2, 0.25) is 0 Å². The number of amides is 1. The van der Waals surface area contributed by atoms with E-state index in [1.54, 1.807) is 18.5 Å². The van der Waals surface area contributed by atoms with E-state index >= 15 is 0 Å². The number of hydrogen-bond donors (Lipinski definition) is 2. The number of halogens is 2. The number of nitrogens with one attached hydrogen (secondary N) is 2. The van der Waals surface area contributed by atoms with Gasteiger partial charge in [0.15, 0.2) is 11.6 Å². The number of pyridine rings is 1. The van der Waals surface area contributed by atoms with Crippen LogP contribution in [0.4, 0.5) is 20.3 Å². The van der Waals surface area contributed by atoms with Crippen molar-refractivity contribution in [3.05, 3.63) is 78.0 Å². The van der Waals surface area contributed by atoms with E-state index < -0.39 is 11.6 Å². The number of benzene rings is 1. The van der Waals surface area contributed by atoms with Gasteiger partial charge in [-0.1, -0.05) is 6.07 Å². The van der Waals surface area contributed by atoms with Crippen LogP contribution in [0.3, 0.4) is 0 Å². The predicted molar refractivity (Wildman–Crippen MR) is 87.1 cm³/mol. The van der Waals surface area contributed by atoms with Gasteiger partial charge in [-0.3, -0.25) is 9.78 Å². The molecule has 8 heteroatoms. The predicted octanol–water partition coefficient (Wildman–Crippen LogP) is 2.82. The Balaban J connectivity index is 1.68. The average Bonchev–Trinajstić information content (AvgIpc) is 2.64. The van der Waals surface area contributed by atoms with Crippen LogP contribution in [0.25, 0.3) is 0 Å². The summed E-state index contributed by atoms with van der Waals surface area (Å²) in [6.45, 7) is 0.308. The number of carbonyl (C=O) groups excluding carboxylic acids is 1. The summed E-state index contributed by atoms with van der Waals surface area (Å²) < 4.78 is 26.2. The zero-order chi connectivity index (χ0) is 17.6. The zero-order valence-electron chi connectivity index (χ0n) is 12.9. The van der Waals surface area contributed by atoms with Gasteiger partial charge in [-0.15, -0.1) is 0 Å². The molecule has 2 aromatic heterocycles. The smallest absolute Gasteiger partial charge is 0.270 e. The van der Waals surface area contributed by atoms with Crippen molar-refractivity contribution in [2.24, 2.45) is 0 Å². The second-order valence-electron chi connectivity index (χ2n) is 5.09. The molecule has 0 fully saturated rings. The lowest BCUT2D eigenvalue weighted by Gasteiger charge is -2.08. The number of rotatable bonds is 5. The molecule has 2 heterocycles. The first kappa shape index (κ1) is 16.4. The van der Waals surface area contributed by atoms with Crippen molar-refractivity contribution in [1.29, 1.82) is 0 Å². The average molecular weight is 341 g/mol. The molecule has 1 aromatic carbocycles. The van der Waals surface area contributed by atoms with E-state index in [4.69, 9.17) is 0 Å². The molecule has 0 bridgehead atoms. The van der Waals surface area contributed by atoms with E-state index in [-0.39, 0.29) is 17.4 Å². The van der Waals surface area contributed by atoms with E-state index in [0.717, 1.165) is 17.7 Å². The van der Waals surface area contributed by atoms with Crippen molar-refractivity contribution in [2.45, 2.75) is 6.54 Å². The third-order valence-electron chi connectivity index (χ3n) is 3.27. The molecular weight excluding hydrogens is 328 g/mol. The van der Waals surface area contributed by atoms with E-state index in [1.807, 2.05) is 6.07 Å². The normalized spacial score (nSPS) is 10.3. The standard InChI is InChI=1S/C17H13F2N5O/c18-13-4-3-12(6-14(13)19)24-16-7-15(22-10-23-16)17(25)21-9-11-2-1-5-20-8-11/h1-8,10H,9H2,(H,21,25)(H,22,23,24). The van der Waals surface area contributed by atoms with Crippen molar-refractivity contribution in [3.8, 4) is 0 Å². The third-order valence-corrected chi connectivity index (χ3v) is 3.27. The van der Waals surface area contributed by atoms with Gasteiger partial charge in [-0.05, 0) is 23.8 Å². The molecule has 0 saturated heterocycles. The molecule has 0 aliphatic rings. The van der Waals surface area contributed by atoms with Gasteiger partial charge >= 0.3 is 0 Å². The zero-order valence-corrected chi connectivity index (χ0v) is 12.9. The lowest BCUT2D eigenvalue weighted by atomic mass is 10.2. The maximum absolute atomic E-state index is 13.2. The molecule has 6 nitrogen and oxygen atoms in total. The maximum Gasteiger partial charge on any atom is 0.270 e. The topological polar surface area (TPSA) is 79.8 Å². The minimum absolute atomic E-state index is 0.143. The fourth-order valence-electron chi connectivity index (χ4n) is 2.05. The lowest BCUT2D eigenvalue weighted by molar-refractivity contribution is 0.0945. The van der Waals surface area contributed by atoms with Gasteiger partial charge in [-0.2, -0.15) is 0 Å². The SMILES string of the molecule is O=C(NCc1cccnc1)c1cc(Nc2ccc(F)c(F)c2)ncn1. The Morgan fingerprint density at radius 3 is 2.72 bits per heavy atom. The monoisotopic (exact) mass is 341 g/mol. The maximum atomic E-state index is 13.2. The van der Waals surface area contributed by atoms with Crippen molar-refractivity contribution in [1.82, 2.24) is 20.3 Å². The summed E-state index contributed by atoms with van der Waals surface area (Å²) in [5, 5.41) is 5.51. The second-order valence-corrected chi connectivity index (χ2v) is 5.09. The Labute approximate surface area is 142 Å². The fourth-order valence-corrected chi connectivity index (χ4v) is 2.05. The molecule has 0 aliphatic heterocycles. The molecule has 3 rings (SSSR count). The van der Waals surface area contributed by atoms with Gasteiger partial charge < -0.3 is 10.6 Å². The molecule has 3 aromatic rings. The number of hydrogen-bond acceptors (Lipinski definition) is 5. The first-order chi connectivity index (χ1) is 12.1. The summed E-state index contributed by atoms with van der Waals surface area (Å²) in [6.07, 6.45) is 4.50. The molecule has 0 atom stereocenters. The molecule has 1 amide bonds. The molecule has 0 spiro atoms. The first-order valence-corrected chi connectivity index (χ1v) is 7.33. The Kier molecular flexibility index (Phi) is 4.89. The van der Waals surface area contributed by atoms with Gasteiger partial charge in [0.05, 0.1) is 0 Å². The van der Waals surface area contributed by atoms with Crippen LogP contribution < -0.4 is 10.6 Å². The van der Waals surface area contributed by atoms with Crippen molar-refractivity contribution >= 4 is 17.4 Å². The van der Waals surface area contributed by atoms with Crippen LogP contribution in [0.2, 0.25) is 0 Å². The number of nitrogens with zero attached hydrogens (tertiary/aromatic N) is 3. The van der Waals surface area contributed by atoms with Gasteiger partial charge in [-0.25, -0.2) is 18.7 Å². The van der Waals surface area contributed by atoms with Crippen LogP contribution in [0, 0.1) is 11.6 Å². The molecule has 126 valence electrons. The van der Waals surface area contributed by atoms with Gasteiger partial charge in [0, 0.05) is 36.8 Å². The van der Waals surface area contributed by atoms with E-state index in [2.05, 4.69) is 25.6 Å². The largest absolute Gasteiger partial charge is 0.347 e. The van der Waals surface area contributed by atoms with E-state index in [9.17, 15) is 13.6 Å². The van der Waals surface area contributed by atoms with E-state index in [0.29, 0.717) is 12.2 Å². The van der Waals surface area contributed by atoms with Crippen LogP contribution in [-0.2, 0) is 6.54 Å². The molecule has 0 radical (unpaired) electrons. The molecule has 0 saturated carbocycles. The van der Waals surface area contributed by atoms with Gasteiger partial charge in [0.1, 0.15) is 17.8 Å². The second kappa shape index (κ2) is 7.43. The summed E-state index contributed by atoms with van der Waals surface area (Å²) in [6, 6.07) is 8.39. The minimum atomic E-state index is -0.978. The van der Waals surface area contributed by atoms with Gasteiger partial charge in [0.25, 0.3) is 5.91 Å². The van der Waals surface area contributed by atoms with Crippen LogP contribution in [-0.4, -0.2) is 20.9 Å². The number of anilines is 2. The highest BCUT2D eigenvalue weighted by atomic mass is 19.2. The fraction of sp³-hybridized carbons (Fsp3) is 0.0588. The lowest BCUT2D eigenvalue weighted by Crippen LogP contribution is -2.24. The highest BCUT2D eigenvalue weighted by Gasteiger charge is 2.09. The third kappa shape index (κ3) is 4.31. The van der Waals surface area contributed by atoms with Crippen molar-refractivity contribution < 1.29 is 13.6 Å². The minimum Gasteiger partial charge on any atom is -0.347 e. The molecule has 0 unspecified atom stereocenters. The summed E-state index contributed by atoms with van der Waals surface area (Å²) in [5.74, 6) is -2.02. The van der Waals surface area contributed by atoms with Crippen LogP contribution in [0.1, 0.15) is 16.1 Å². The summed E-state index contributed by atoms with van der Waals surface area (Å²) >= 11 is 0. The molecule has 2 N–H and O–H groups in total. The van der Waals surface area contributed by atoms with E-state index in [1.165, 1.54) is 18.5 Å². The Morgan fingerprint density at radius 1 is 1.08 bits per heavy atom. The van der Waals surface area contributed by atoms with Crippen LogP contribution in [0.15, 0.2) is 55.1 Å². The number of carbonyl (C=O) groups is 1. The van der Waals surface area contributed by atoms with Crippen LogP contribution >= 0.6 is 0 Å². The Morgan fingerprint density at radius 2 is 1.96 bits per heavy atom. The van der Waals surface area contributed by atoms with Crippen molar-refractivity contribution in [2.75, 3.05) is 5.32 Å². The Bertz CT molecular complexity index is 889. The summed E-state index contributed by atoms with van der Waals surface area (Å²) in [5.41, 5.74) is 1.30. The summed E-state index contributed by atoms with van der Waals surface area (Å²) in [7, 11) is 0. The highest BCUT2D eigenvalue weighted by Crippen LogP contribution is 2.17. The Hall–Kier alpha value is -3.42. The highest BCUT2D eigenvalue weighted by molar-refractivity contribution is 5.92. The van der Waals surface area contributed by atoms with Crippen molar-refractivity contribution in [3.63, 3.8) is 0 Å². The quantitative estimate of drug-likeness (QED) is 0.746. The molecular formula is C17H13F2N5O.